The number of hydrogen-bond acceptors (Lipinski definition) is 4. The molecule has 0 saturated carbocycles. The first-order chi connectivity index (χ1) is 10.6. The maximum Gasteiger partial charge on any atom is 0.338 e. The van der Waals surface area contributed by atoms with Crippen LogP contribution in [0.5, 0.6) is 0 Å². The quantitative estimate of drug-likeness (QED) is 0.267. The Hall–Kier alpha value is -1.91. The predicted molar refractivity (Wildman–Crippen MR) is 86.0 cm³/mol. The van der Waals surface area contributed by atoms with Crippen LogP contribution in [0.15, 0.2) is 24.3 Å². The highest BCUT2D eigenvalue weighted by atomic mass is 16.6. The molecular weight excluding hydrogens is 282 g/mol. The van der Waals surface area contributed by atoms with Gasteiger partial charge < -0.3 is 4.74 Å². The molecule has 0 N–H and O–H groups in total. The van der Waals surface area contributed by atoms with Crippen molar-refractivity contribution in [2.75, 3.05) is 0 Å². The number of esters is 1. The minimum Gasteiger partial charge on any atom is -0.459 e. The lowest BCUT2D eigenvalue weighted by atomic mass is 10.1. The van der Waals surface area contributed by atoms with Crippen molar-refractivity contribution in [3.8, 4) is 0 Å². The van der Waals surface area contributed by atoms with Crippen LogP contribution >= 0.6 is 0 Å². The summed E-state index contributed by atoms with van der Waals surface area (Å²) < 4.78 is 5.58. The summed E-state index contributed by atoms with van der Waals surface area (Å²) in [4.78, 5) is 22.3. The third-order valence-corrected chi connectivity index (χ3v) is 3.60. The largest absolute Gasteiger partial charge is 0.459 e. The molecule has 0 spiro atoms. The number of hydrogen-bond donors (Lipinski definition) is 0. The van der Waals surface area contributed by atoms with Gasteiger partial charge in [0.1, 0.15) is 6.10 Å². The van der Waals surface area contributed by atoms with Crippen LogP contribution in [0.25, 0.3) is 0 Å². The summed E-state index contributed by atoms with van der Waals surface area (Å²) in [6.07, 6.45) is 7.12. The summed E-state index contributed by atoms with van der Waals surface area (Å²) in [5.41, 5.74) is 0.338. The van der Waals surface area contributed by atoms with Gasteiger partial charge in [-0.15, -0.1) is 0 Å². The molecule has 1 aromatic carbocycles. The molecule has 1 atom stereocenters. The number of benzene rings is 1. The Kier molecular flexibility index (Phi) is 8.18. The Bertz CT molecular complexity index is 470. The molecule has 122 valence electrons. The summed E-state index contributed by atoms with van der Waals surface area (Å²) in [6.45, 7) is 4.26. The molecule has 0 radical (unpaired) electrons. The van der Waals surface area contributed by atoms with Gasteiger partial charge in [0.25, 0.3) is 5.69 Å². The van der Waals surface area contributed by atoms with Crippen molar-refractivity contribution in [3.63, 3.8) is 0 Å². The minimum absolute atomic E-state index is 0.0259. The zero-order chi connectivity index (χ0) is 16.4. The molecule has 22 heavy (non-hydrogen) atoms. The standard InChI is InChI=1S/C17H25NO4/c1-3-5-7-9-16(8-6-4-2)22-17(19)14-10-12-15(13-11-14)18(20)21/h10-13,16H,3-9H2,1-2H3. The number of nitrogens with zero attached hydrogens (tertiary/aromatic N) is 1. The number of ether oxygens (including phenoxy) is 1. The van der Waals surface area contributed by atoms with Crippen molar-refractivity contribution in [2.24, 2.45) is 0 Å². The van der Waals surface area contributed by atoms with Gasteiger partial charge in [-0.1, -0.05) is 39.5 Å². The SMILES string of the molecule is CCCCCC(CCCC)OC(=O)c1ccc([N+](=O)[O-])cc1. The third kappa shape index (κ3) is 6.24. The van der Waals surface area contributed by atoms with Crippen LogP contribution in [-0.4, -0.2) is 17.0 Å². The predicted octanol–water partition coefficient (Wildman–Crippen LogP) is 4.89. The Morgan fingerprint density at radius 1 is 1.09 bits per heavy atom. The molecule has 0 aliphatic heterocycles. The second-order valence-corrected chi connectivity index (χ2v) is 5.47. The molecule has 0 heterocycles. The monoisotopic (exact) mass is 307 g/mol. The Morgan fingerprint density at radius 2 is 1.68 bits per heavy atom. The highest BCUT2D eigenvalue weighted by Gasteiger charge is 2.16. The van der Waals surface area contributed by atoms with Crippen molar-refractivity contribution in [3.05, 3.63) is 39.9 Å². The van der Waals surface area contributed by atoms with Gasteiger partial charge >= 0.3 is 5.97 Å². The molecule has 1 unspecified atom stereocenters. The Balaban J connectivity index is 2.61. The normalized spacial score (nSPS) is 11.9. The first-order valence-electron chi connectivity index (χ1n) is 8.03. The van der Waals surface area contributed by atoms with Crippen LogP contribution in [0.2, 0.25) is 0 Å². The van der Waals surface area contributed by atoms with Gasteiger partial charge in [-0.25, -0.2) is 4.79 Å². The van der Waals surface area contributed by atoms with Gasteiger partial charge in [0.05, 0.1) is 10.5 Å². The fourth-order valence-electron chi connectivity index (χ4n) is 2.25. The van der Waals surface area contributed by atoms with E-state index in [-0.39, 0.29) is 11.8 Å². The summed E-state index contributed by atoms with van der Waals surface area (Å²) in [6, 6.07) is 5.55. The van der Waals surface area contributed by atoms with Gasteiger partial charge in [-0.05, 0) is 31.4 Å². The van der Waals surface area contributed by atoms with Gasteiger partial charge in [0.15, 0.2) is 0 Å². The van der Waals surface area contributed by atoms with Crippen LogP contribution in [0.4, 0.5) is 5.69 Å². The lowest BCUT2D eigenvalue weighted by Crippen LogP contribution is -2.18. The molecule has 5 nitrogen and oxygen atoms in total. The Labute approximate surface area is 131 Å². The average Bonchev–Trinajstić information content (AvgIpc) is 2.52. The fourth-order valence-corrected chi connectivity index (χ4v) is 2.25. The number of non-ortho nitro benzene ring substituents is 1. The van der Waals surface area contributed by atoms with Gasteiger partial charge in [0.2, 0.25) is 0 Å². The number of nitro benzene ring substituents is 1. The van der Waals surface area contributed by atoms with Crippen molar-refractivity contribution in [1.29, 1.82) is 0 Å². The van der Waals surface area contributed by atoms with Crippen LogP contribution in [-0.2, 0) is 4.74 Å². The van der Waals surface area contributed by atoms with E-state index < -0.39 is 10.9 Å². The minimum atomic E-state index is -0.482. The molecule has 0 amide bonds. The van der Waals surface area contributed by atoms with E-state index >= 15 is 0 Å². The second kappa shape index (κ2) is 9.92. The zero-order valence-corrected chi connectivity index (χ0v) is 13.4. The summed E-state index contributed by atoms with van der Waals surface area (Å²) in [5, 5.41) is 10.6. The number of rotatable bonds is 10. The van der Waals surface area contributed by atoms with Crippen molar-refractivity contribution >= 4 is 11.7 Å². The van der Waals surface area contributed by atoms with Crippen LogP contribution in [0.3, 0.4) is 0 Å². The third-order valence-electron chi connectivity index (χ3n) is 3.60. The smallest absolute Gasteiger partial charge is 0.338 e. The first-order valence-corrected chi connectivity index (χ1v) is 8.03. The van der Waals surface area contributed by atoms with E-state index in [9.17, 15) is 14.9 Å². The lowest BCUT2D eigenvalue weighted by molar-refractivity contribution is -0.384. The zero-order valence-electron chi connectivity index (χ0n) is 13.4. The average molecular weight is 307 g/mol. The van der Waals surface area contributed by atoms with E-state index in [1.807, 2.05) is 0 Å². The molecule has 0 bridgehead atoms. The Morgan fingerprint density at radius 3 is 2.23 bits per heavy atom. The molecule has 0 aromatic heterocycles. The first kappa shape index (κ1) is 18.1. The second-order valence-electron chi connectivity index (χ2n) is 5.47. The van der Waals surface area contributed by atoms with E-state index in [4.69, 9.17) is 4.74 Å². The van der Waals surface area contributed by atoms with E-state index in [0.717, 1.165) is 44.9 Å². The van der Waals surface area contributed by atoms with Gasteiger partial charge in [-0.3, -0.25) is 10.1 Å². The maximum absolute atomic E-state index is 12.1. The molecule has 1 aromatic rings. The van der Waals surface area contributed by atoms with Crippen LogP contribution in [0.1, 0.15) is 69.2 Å². The van der Waals surface area contributed by atoms with Crippen molar-refractivity contribution < 1.29 is 14.5 Å². The fraction of sp³-hybridized carbons (Fsp3) is 0.588. The molecule has 0 saturated heterocycles. The number of carbonyl (C=O) groups excluding carboxylic acids is 1. The lowest BCUT2D eigenvalue weighted by Gasteiger charge is -2.17. The summed E-state index contributed by atoms with van der Waals surface area (Å²) in [7, 11) is 0. The molecule has 0 fully saturated rings. The van der Waals surface area contributed by atoms with Crippen molar-refractivity contribution in [1.82, 2.24) is 0 Å². The van der Waals surface area contributed by atoms with E-state index in [0.29, 0.717) is 5.56 Å². The van der Waals surface area contributed by atoms with E-state index in [1.165, 1.54) is 24.3 Å². The van der Waals surface area contributed by atoms with Crippen LogP contribution in [0, 0.1) is 10.1 Å². The summed E-state index contributed by atoms with van der Waals surface area (Å²) in [5.74, 6) is -0.396. The van der Waals surface area contributed by atoms with Crippen molar-refractivity contribution in [2.45, 2.75) is 64.9 Å². The number of carbonyl (C=O) groups is 1. The van der Waals surface area contributed by atoms with Gasteiger partial charge in [0, 0.05) is 12.1 Å². The molecule has 0 aliphatic carbocycles. The highest BCUT2D eigenvalue weighted by molar-refractivity contribution is 5.89. The highest BCUT2D eigenvalue weighted by Crippen LogP contribution is 2.17. The molecule has 1 rings (SSSR count). The van der Waals surface area contributed by atoms with Gasteiger partial charge in [-0.2, -0.15) is 0 Å². The molecule has 5 heteroatoms. The number of nitro groups is 1. The van der Waals surface area contributed by atoms with E-state index in [2.05, 4.69) is 13.8 Å². The van der Waals surface area contributed by atoms with Crippen LogP contribution < -0.4 is 0 Å². The number of unbranched alkanes of at least 4 members (excludes halogenated alkanes) is 3. The topological polar surface area (TPSA) is 69.4 Å². The maximum atomic E-state index is 12.1. The molecular formula is C17H25NO4. The summed E-state index contributed by atoms with van der Waals surface area (Å²) >= 11 is 0. The molecule has 0 aliphatic rings. The van der Waals surface area contributed by atoms with E-state index in [1.54, 1.807) is 0 Å².